The summed E-state index contributed by atoms with van der Waals surface area (Å²) in [6, 6.07) is 14.9. The Labute approximate surface area is 183 Å². The molecule has 3 rings (SSSR count). The number of hydrogen-bond acceptors (Lipinski definition) is 3. The lowest BCUT2D eigenvalue weighted by molar-refractivity contribution is 0.0929. The van der Waals surface area contributed by atoms with Crippen LogP contribution in [0.1, 0.15) is 53.8 Å². The minimum atomic E-state index is -0.135. The molecule has 1 unspecified atom stereocenters. The van der Waals surface area contributed by atoms with Gasteiger partial charge >= 0.3 is 0 Å². The molecule has 2 N–H and O–H groups in total. The van der Waals surface area contributed by atoms with Crippen LogP contribution in [-0.4, -0.2) is 37.5 Å². The minimum absolute atomic E-state index is 0.0277. The third kappa shape index (κ3) is 5.54. The van der Waals surface area contributed by atoms with E-state index in [0.29, 0.717) is 28.6 Å². The van der Waals surface area contributed by atoms with Crippen LogP contribution >= 0.6 is 11.6 Å². The summed E-state index contributed by atoms with van der Waals surface area (Å²) in [7, 11) is 0. The zero-order valence-electron chi connectivity index (χ0n) is 17.7. The van der Waals surface area contributed by atoms with Gasteiger partial charge in [-0.15, -0.1) is 0 Å². The lowest BCUT2D eigenvalue weighted by atomic mass is 10.0. The lowest BCUT2D eigenvalue weighted by Gasteiger charge is -2.35. The first-order valence-electron chi connectivity index (χ1n) is 10.7. The molecule has 1 fully saturated rings. The van der Waals surface area contributed by atoms with E-state index < -0.39 is 0 Å². The normalized spacial score (nSPS) is 15.5. The van der Waals surface area contributed by atoms with Crippen molar-refractivity contribution >= 4 is 29.1 Å². The Kier molecular flexibility index (Phi) is 7.75. The van der Waals surface area contributed by atoms with Crippen LogP contribution in [0.5, 0.6) is 0 Å². The Bertz CT molecular complexity index is 878. The van der Waals surface area contributed by atoms with Gasteiger partial charge in [-0.25, -0.2) is 0 Å². The van der Waals surface area contributed by atoms with Crippen LogP contribution in [-0.2, 0) is 0 Å². The number of amides is 2. The van der Waals surface area contributed by atoms with Crippen molar-refractivity contribution in [1.29, 1.82) is 0 Å². The number of rotatable bonds is 7. The number of carbonyl (C=O) groups excluding carboxylic acids is 2. The van der Waals surface area contributed by atoms with E-state index in [9.17, 15) is 9.59 Å². The first-order valence-corrected chi connectivity index (χ1v) is 11.0. The number of nitrogens with one attached hydrogen (secondary N) is 2. The summed E-state index contributed by atoms with van der Waals surface area (Å²) in [5, 5.41) is 6.61. The van der Waals surface area contributed by atoms with Gasteiger partial charge in [-0.05, 0) is 43.0 Å². The average molecular weight is 428 g/mol. The number of halogens is 1. The summed E-state index contributed by atoms with van der Waals surface area (Å²) in [4.78, 5) is 27.5. The van der Waals surface area contributed by atoms with Crippen molar-refractivity contribution in [2.24, 2.45) is 5.92 Å². The van der Waals surface area contributed by atoms with Crippen molar-refractivity contribution in [2.45, 2.75) is 39.2 Å². The molecule has 2 aromatic rings. The largest absolute Gasteiger partial charge is 0.371 e. The van der Waals surface area contributed by atoms with Gasteiger partial charge in [0.05, 0.1) is 16.1 Å². The number of hydrogen-bond donors (Lipinski definition) is 2. The number of piperidine rings is 1. The van der Waals surface area contributed by atoms with Gasteiger partial charge in [0.2, 0.25) is 0 Å². The summed E-state index contributed by atoms with van der Waals surface area (Å²) in [5.41, 5.74) is 2.17. The maximum absolute atomic E-state index is 12.7. The van der Waals surface area contributed by atoms with E-state index in [1.165, 1.54) is 0 Å². The number of nitrogens with zero attached hydrogens (tertiary/aromatic N) is 1. The van der Waals surface area contributed by atoms with Gasteiger partial charge < -0.3 is 15.5 Å². The van der Waals surface area contributed by atoms with Crippen molar-refractivity contribution in [2.75, 3.05) is 24.5 Å². The molecule has 1 aliphatic rings. The first-order chi connectivity index (χ1) is 14.5. The Morgan fingerprint density at radius 3 is 2.33 bits per heavy atom. The van der Waals surface area contributed by atoms with E-state index in [1.807, 2.05) is 36.4 Å². The molecule has 0 bridgehead atoms. The Morgan fingerprint density at radius 1 is 1.03 bits per heavy atom. The number of anilines is 1. The molecule has 6 heteroatoms. The van der Waals surface area contributed by atoms with Gasteiger partial charge in [0.15, 0.2) is 0 Å². The highest BCUT2D eigenvalue weighted by Gasteiger charge is 2.24. The third-order valence-corrected chi connectivity index (χ3v) is 6.08. The van der Waals surface area contributed by atoms with Gasteiger partial charge in [0.25, 0.3) is 11.8 Å². The molecule has 1 aliphatic heterocycles. The average Bonchev–Trinajstić information content (AvgIpc) is 2.78. The van der Waals surface area contributed by atoms with E-state index in [2.05, 4.69) is 29.4 Å². The fraction of sp³-hybridized carbons (Fsp3) is 0.417. The van der Waals surface area contributed by atoms with E-state index in [1.54, 1.807) is 12.1 Å². The molecule has 0 spiro atoms. The van der Waals surface area contributed by atoms with Crippen LogP contribution < -0.4 is 15.5 Å². The van der Waals surface area contributed by atoms with Crippen LogP contribution in [0.25, 0.3) is 0 Å². The van der Waals surface area contributed by atoms with Crippen molar-refractivity contribution in [3.63, 3.8) is 0 Å². The van der Waals surface area contributed by atoms with Gasteiger partial charge in [-0.2, -0.15) is 0 Å². The predicted octanol–water partition coefficient (Wildman–Crippen LogP) is 4.51. The topological polar surface area (TPSA) is 61.4 Å². The van der Waals surface area contributed by atoms with Crippen LogP contribution in [0.3, 0.4) is 0 Å². The molecule has 1 saturated heterocycles. The highest BCUT2D eigenvalue weighted by molar-refractivity contribution is 6.33. The summed E-state index contributed by atoms with van der Waals surface area (Å²) in [6.07, 6.45) is 2.67. The molecular weight excluding hydrogens is 398 g/mol. The Morgan fingerprint density at radius 2 is 1.67 bits per heavy atom. The SMILES string of the molecule is CCC(C)CNC(=O)c1ccccc1N1CCC(NC(=O)c2ccccc2Cl)CC1. The minimum Gasteiger partial charge on any atom is -0.371 e. The standard InChI is InChI=1S/C24H30ClN3O2/c1-3-17(2)16-26-23(29)20-9-5-7-11-22(20)28-14-12-18(13-15-28)27-24(30)19-8-4-6-10-21(19)25/h4-11,17-18H,3,12-16H2,1-2H3,(H,26,29)(H,27,30). The number of para-hydroxylation sites is 1. The zero-order chi connectivity index (χ0) is 21.5. The molecule has 5 nitrogen and oxygen atoms in total. The first kappa shape index (κ1) is 22.2. The van der Waals surface area contributed by atoms with Crippen molar-refractivity contribution < 1.29 is 9.59 Å². The highest BCUT2D eigenvalue weighted by atomic mass is 35.5. The summed E-state index contributed by atoms with van der Waals surface area (Å²) in [5.74, 6) is 0.294. The molecule has 0 aliphatic carbocycles. The van der Waals surface area contributed by atoms with Gasteiger partial charge in [-0.1, -0.05) is 56.1 Å². The fourth-order valence-corrected chi connectivity index (χ4v) is 3.84. The van der Waals surface area contributed by atoms with E-state index in [-0.39, 0.29) is 17.9 Å². The molecule has 1 heterocycles. The van der Waals surface area contributed by atoms with Gasteiger partial charge in [0.1, 0.15) is 0 Å². The molecule has 2 aromatic carbocycles. The summed E-state index contributed by atoms with van der Waals surface area (Å²) >= 11 is 6.13. The Hall–Kier alpha value is -2.53. The lowest BCUT2D eigenvalue weighted by Crippen LogP contribution is -2.45. The smallest absolute Gasteiger partial charge is 0.253 e. The molecule has 0 saturated carbocycles. The molecule has 2 amide bonds. The van der Waals surface area contributed by atoms with Crippen LogP contribution in [0.2, 0.25) is 5.02 Å². The van der Waals surface area contributed by atoms with Crippen molar-refractivity contribution in [1.82, 2.24) is 10.6 Å². The fourth-order valence-electron chi connectivity index (χ4n) is 3.62. The van der Waals surface area contributed by atoms with Crippen molar-refractivity contribution in [3.05, 3.63) is 64.7 Å². The second-order valence-electron chi connectivity index (χ2n) is 7.96. The number of carbonyl (C=O) groups is 2. The van der Waals surface area contributed by atoms with Crippen LogP contribution in [0, 0.1) is 5.92 Å². The molecule has 30 heavy (non-hydrogen) atoms. The molecule has 160 valence electrons. The summed E-state index contributed by atoms with van der Waals surface area (Å²) < 4.78 is 0. The van der Waals surface area contributed by atoms with Crippen LogP contribution in [0.4, 0.5) is 5.69 Å². The predicted molar refractivity (Wildman–Crippen MR) is 122 cm³/mol. The van der Waals surface area contributed by atoms with E-state index in [4.69, 9.17) is 11.6 Å². The third-order valence-electron chi connectivity index (χ3n) is 5.75. The van der Waals surface area contributed by atoms with Gasteiger partial charge in [0, 0.05) is 31.4 Å². The molecule has 1 atom stereocenters. The second-order valence-corrected chi connectivity index (χ2v) is 8.36. The molecule has 0 radical (unpaired) electrons. The molecular formula is C24H30ClN3O2. The van der Waals surface area contributed by atoms with Crippen molar-refractivity contribution in [3.8, 4) is 0 Å². The monoisotopic (exact) mass is 427 g/mol. The van der Waals surface area contributed by atoms with E-state index >= 15 is 0 Å². The number of benzene rings is 2. The highest BCUT2D eigenvalue weighted by Crippen LogP contribution is 2.25. The maximum atomic E-state index is 12.7. The zero-order valence-corrected chi connectivity index (χ0v) is 18.4. The maximum Gasteiger partial charge on any atom is 0.253 e. The molecule has 0 aromatic heterocycles. The van der Waals surface area contributed by atoms with Gasteiger partial charge in [-0.3, -0.25) is 9.59 Å². The second kappa shape index (κ2) is 10.5. The van der Waals surface area contributed by atoms with Crippen LogP contribution in [0.15, 0.2) is 48.5 Å². The Balaban J connectivity index is 1.59. The van der Waals surface area contributed by atoms with E-state index in [0.717, 1.165) is 38.0 Å². The summed E-state index contributed by atoms with van der Waals surface area (Å²) in [6.45, 7) is 6.50. The quantitative estimate of drug-likeness (QED) is 0.683.